The molecule has 0 aliphatic rings. The highest BCUT2D eigenvalue weighted by atomic mass is 31.1. The van der Waals surface area contributed by atoms with Crippen LogP contribution in [0.5, 0.6) is 11.5 Å². The van der Waals surface area contributed by atoms with Crippen LogP contribution in [0.1, 0.15) is 0 Å². The van der Waals surface area contributed by atoms with E-state index in [1.54, 1.807) is 18.5 Å². The first-order chi connectivity index (χ1) is 10.7. The number of hydrogen-bond acceptors (Lipinski definition) is 6. The van der Waals surface area contributed by atoms with Crippen LogP contribution in [-0.2, 0) is 0 Å². The fourth-order valence-corrected chi connectivity index (χ4v) is 2.62. The van der Waals surface area contributed by atoms with Gasteiger partial charge in [-0.25, -0.2) is 4.98 Å². The van der Waals surface area contributed by atoms with Crippen molar-refractivity contribution in [3.05, 3.63) is 42.7 Å². The van der Waals surface area contributed by atoms with Crippen LogP contribution in [0.4, 0.5) is 17.2 Å². The van der Waals surface area contributed by atoms with Crippen LogP contribution < -0.4 is 21.3 Å². The van der Waals surface area contributed by atoms with E-state index in [0.29, 0.717) is 25.9 Å². The van der Waals surface area contributed by atoms with Crippen LogP contribution in [0.15, 0.2) is 42.7 Å². The van der Waals surface area contributed by atoms with E-state index >= 15 is 0 Å². The van der Waals surface area contributed by atoms with Crippen molar-refractivity contribution < 1.29 is 4.74 Å². The van der Waals surface area contributed by atoms with Gasteiger partial charge in [0.1, 0.15) is 17.3 Å². The predicted molar refractivity (Wildman–Crippen MR) is 92.7 cm³/mol. The summed E-state index contributed by atoms with van der Waals surface area (Å²) >= 11 is 0. The molecule has 22 heavy (non-hydrogen) atoms. The molecule has 0 amide bonds. The molecule has 0 spiro atoms. The number of ether oxygens (including phenoxy) is 1. The lowest BCUT2D eigenvalue weighted by Gasteiger charge is -2.13. The lowest BCUT2D eigenvalue weighted by Crippen LogP contribution is -2.00. The minimum absolute atomic E-state index is 0.255. The topological polar surface area (TPSA) is 99.1 Å². The molecular formula is C15H16N5OP. The Bertz CT molecular complexity index is 824. The van der Waals surface area contributed by atoms with Crippen LogP contribution in [0.3, 0.4) is 0 Å². The van der Waals surface area contributed by atoms with E-state index in [1.807, 2.05) is 24.3 Å². The number of fused-ring (bicyclic) bond motifs is 1. The highest BCUT2D eigenvalue weighted by Gasteiger charge is 2.11. The standard InChI is InChI=1S/C15H16N5OP/c1-22-20-10-4-5-11(9-3-2-7-18-14(9)10)21-12-6-8-19-15(17)13(12)16/h2-8,20,22H,16H2,1H3,(H2,17,19). The molecule has 0 saturated heterocycles. The van der Waals surface area contributed by atoms with Gasteiger partial charge in [-0.2, -0.15) is 0 Å². The van der Waals surface area contributed by atoms with Gasteiger partial charge < -0.3 is 21.3 Å². The minimum atomic E-state index is 0.255. The molecule has 0 bridgehead atoms. The molecule has 0 radical (unpaired) electrons. The maximum atomic E-state index is 5.93. The molecule has 5 N–H and O–H groups in total. The quantitative estimate of drug-likeness (QED) is 0.640. The number of nitrogens with two attached hydrogens (primary N) is 2. The van der Waals surface area contributed by atoms with Crippen molar-refractivity contribution in [3.63, 3.8) is 0 Å². The first kappa shape index (κ1) is 14.4. The van der Waals surface area contributed by atoms with Gasteiger partial charge in [0, 0.05) is 23.8 Å². The zero-order chi connectivity index (χ0) is 15.5. The van der Waals surface area contributed by atoms with Gasteiger partial charge in [0.2, 0.25) is 0 Å². The molecule has 1 aromatic carbocycles. The van der Waals surface area contributed by atoms with E-state index in [1.165, 1.54) is 0 Å². The van der Waals surface area contributed by atoms with E-state index in [9.17, 15) is 0 Å². The van der Waals surface area contributed by atoms with E-state index in [0.717, 1.165) is 16.6 Å². The van der Waals surface area contributed by atoms with Crippen LogP contribution in [0, 0.1) is 0 Å². The second-order valence-electron chi connectivity index (χ2n) is 4.60. The molecule has 3 aromatic rings. The van der Waals surface area contributed by atoms with Crippen molar-refractivity contribution >= 4 is 36.8 Å². The average Bonchev–Trinajstić information content (AvgIpc) is 2.54. The van der Waals surface area contributed by atoms with Crippen LogP contribution in [-0.4, -0.2) is 16.6 Å². The molecule has 112 valence electrons. The van der Waals surface area contributed by atoms with Crippen molar-refractivity contribution in [2.45, 2.75) is 0 Å². The number of nitrogens with zero attached hydrogens (tertiary/aromatic N) is 2. The van der Waals surface area contributed by atoms with Gasteiger partial charge in [-0.05, 0) is 39.7 Å². The lowest BCUT2D eigenvalue weighted by molar-refractivity contribution is 0.490. The van der Waals surface area contributed by atoms with Crippen LogP contribution in [0.2, 0.25) is 0 Å². The highest BCUT2D eigenvalue weighted by molar-refractivity contribution is 7.38. The predicted octanol–water partition coefficient (Wildman–Crippen LogP) is 3.22. The van der Waals surface area contributed by atoms with Gasteiger partial charge >= 0.3 is 0 Å². The maximum Gasteiger partial charge on any atom is 0.155 e. The number of aromatic nitrogens is 2. The third kappa shape index (κ3) is 2.61. The summed E-state index contributed by atoms with van der Waals surface area (Å²) < 4.78 is 5.93. The van der Waals surface area contributed by atoms with E-state index < -0.39 is 0 Å². The average molecular weight is 313 g/mol. The Morgan fingerprint density at radius 2 is 1.91 bits per heavy atom. The Morgan fingerprint density at radius 3 is 2.73 bits per heavy atom. The Morgan fingerprint density at radius 1 is 1.05 bits per heavy atom. The van der Waals surface area contributed by atoms with Gasteiger partial charge in [0.25, 0.3) is 0 Å². The van der Waals surface area contributed by atoms with Crippen molar-refractivity contribution in [1.82, 2.24) is 9.97 Å². The monoisotopic (exact) mass is 313 g/mol. The van der Waals surface area contributed by atoms with E-state index in [4.69, 9.17) is 16.2 Å². The van der Waals surface area contributed by atoms with Crippen molar-refractivity contribution in [2.75, 3.05) is 23.2 Å². The number of pyridine rings is 2. The van der Waals surface area contributed by atoms with Gasteiger partial charge in [-0.3, -0.25) is 4.98 Å². The third-order valence-corrected chi connectivity index (χ3v) is 3.71. The molecule has 3 rings (SSSR count). The number of nitrogen functional groups attached to an aromatic ring is 2. The van der Waals surface area contributed by atoms with Crippen molar-refractivity contribution in [1.29, 1.82) is 0 Å². The van der Waals surface area contributed by atoms with E-state index in [-0.39, 0.29) is 5.82 Å². The molecule has 0 aliphatic heterocycles. The Kier molecular flexibility index (Phi) is 3.94. The number of hydrogen-bond donors (Lipinski definition) is 3. The van der Waals surface area contributed by atoms with Crippen molar-refractivity contribution in [3.8, 4) is 11.5 Å². The molecule has 7 heteroatoms. The summed E-state index contributed by atoms with van der Waals surface area (Å²) in [7, 11) is 0.589. The SMILES string of the molecule is CPNc1ccc(Oc2ccnc(N)c2N)c2cccnc12. The summed E-state index contributed by atoms with van der Waals surface area (Å²) in [6.07, 6.45) is 3.32. The molecule has 2 heterocycles. The normalized spacial score (nSPS) is 11.1. The maximum absolute atomic E-state index is 5.93. The fourth-order valence-electron chi connectivity index (χ4n) is 2.15. The van der Waals surface area contributed by atoms with Crippen LogP contribution in [0.25, 0.3) is 10.9 Å². The van der Waals surface area contributed by atoms with Gasteiger partial charge in [0.15, 0.2) is 5.75 Å². The summed E-state index contributed by atoms with van der Waals surface area (Å²) in [4.78, 5) is 8.37. The molecule has 6 nitrogen and oxygen atoms in total. The fraction of sp³-hybridized carbons (Fsp3) is 0.0667. The molecular weight excluding hydrogens is 297 g/mol. The first-order valence-electron chi connectivity index (χ1n) is 6.69. The first-order valence-corrected chi connectivity index (χ1v) is 8.19. The summed E-state index contributed by atoms with van der Waals surface area (Å²) in [6, 6.07) is 9.36. The van der Waals surface area contributed by atoms with Gasteiger partial charge in [-0.1, -0.05) is 0 Å². The number of benzene rings is 1. The number of anilines is 3. The second-order valence-corrected chi connectivity index (χ2v) is 5.35. The van der Waals surface area contributed by atoms with Crippen molar-refractivity contribution in [2.24, 2.45) is 0 Å². The lowest BCUT2D eigenvalue weighted by atomic mass is 10.1. The minimum Gasteiger partial charge on any atom is -0.454 e. The third-order valence-electron chi connectivity index (χ3n) is 3.19. The Balaban J connectivity index is 2.08. The van der Waals surface area contributed by atoms with Crippen LogP contribution >= 0.6 is 8.73 Å². The second kappa shape index (κ2) is 6.03. The summed E-state index contributed by atoms with van der Waals surface area (Å²) in [5.41, 5.74) is 13.8. The number of nitrogens with one attached hydrogen (secondary N) is 1. The number of rotatable bonds is 4. The molecule has 2 aromatic heterocycles. The highest BCUT2D eigenvalue weighted by Crippen LogP contribution is 2.36. The van der Waals surface area contributed by atoms with E-state index in [2.05, 4.69) is 21.7 Å². The smallest absolute Gasteiger partial charge is 0.155 e. The molecule has 1 atom stereocenters. The largest absolute Gasteiger partial charge is 0.454 e. The molecule has 0 saturated carbocycles. The van der Waals surface area contributed by atoms with Gasteiger partial charge in [-0.15, -0.1) is 0 Å². The molecule has 1 unspecified atom stereocenters. The summed E-state index contributed by atoms with van der Waals surface area (Å²) in [5, 5.41) is 4.22. The molecule has 0 fully saturated rings. The summed E-state index contributed by atoms with van der Waals surface area (Å²) in [5.74, 6) is 1.41. The Labute approximate surface area is 129 Å². The zero-order valence-electron chi connectivity index (χ0n) is 12.0. The zero-order valence-corrected chi connectivity index (χ0v) is 13.0. The van der Waals surface area contributed by atoms with Gasteiger partial charge in [0.05, 0.1) is 11.2 Å². The molecule has 0 aliphatic carbocycles. The summed E-state index contributed by atoms with van der Waals surface area (Å²) in [6.45, 7) is 2.07. The Hall–Kier alpha value is -2.59.